The number of carbonyl (C=O) groups is 2. The molecule has 0 spiro atoms. The second kappa shape index (κ2) is 11.9. The Kier molecular flexibility index (Phi) is 8.90. The first-order valence-corrected chi connectivity index (χ1v) is 14.0. The number of rotatable bonds is 9. The first-order chi connectivity index (χ1) is 17.7. The van der Waals surface area contributed by atoms with Crippen molar-refractivity contribution in [2.75, 3.05) is 19.6 Å². The normalized spacial score (nSPS) is 19.4. The first kappa shape index (κ1) is 27.6. The van der Waals surface area contributed by atoms with Gasteiger partial charge in [0.2, 0.25) is 11.8 Å². The lowest BCUT2D eigenvalue weighted by Gasteiger charge is -2.48. The Morgan fingerprint density at radius 3 is 2.43 bits per heavy atom. The molecule has 1 aliphatic heterocycles. The zero-order valence-electron chi connectivity index (χ0n) is 22.2. The predicted octanol–water partition coefficient (Wildman–Crippen LogP) is 3.83. The Balaban J connectivity index is 1.50. The van der Waals surface area contributed by atoms with Crippen molar-refractivity contribution in [3.63, 3.8) is 0 Å². The van der Waals surface area contributed by atoms with Crippen molar-refractivity contribution in [2.45, 2.75) is 77.8 Å². The minimum absolute atomic E-state index is 0.0332. The Morgan fingerprint density at radius 1 is 1.16 bits per heavy atom. The molecule has 3 N–H and O–H groups in total. The fourth-order valence-electron chi connectivity index (χ4n) is 5.94. The van der Waals surface area contributed by atoms with E-state index >= 15 is 0 Å². The van der Waals surface area contributed by atoms with Crippen molar-refractivity contribution in [2.24, 2.45) is 22.5 Å². The van der Waals surface area contributed by atoms with Crippen LogP contribution in [-0.4, -0.2) is 57.2 Å². The van der Waals surface area contributed by atoms with Crippen molar-refractivity contribution in [3.8, 4) is 0 Å². The Morgan fingerprint density at radius 2 is 1.84 bits per heavy atom. The van der Waals surface area contributed by atoms with E-state index in [0.29, 0.717) is 30.5 Å². The average Bonchev–Trinajstić information content (AvgIpc) is 3.43. The number of nitrogens with one attached hydrogen (secondary N) is 1. The average molecular weight is 529 g/mol. The molecule has 2 heterocycles. The van der Waals surface area contributed by atoms with E-state index in [9.17, 15) is 9.59 Å². The largest absolute Gasteiger partial charge is 0.343 e. The lowest BCUT2D eigenvalue weighted by atomic mass is 9.63. The van der Waals surface area contributed by atoms with Crippen LogP contribution in [0.15, 0.2) is 36.9 Å². The van der Waals surface area contributed by atoms with E-state index < -0.39 is 11.5 Å². The molecule has 1 aromatic carbocycles. The summed E-state index contributed by atoms with van der Waals surface area (Å²) >= 11 is 6.07. The number of nitrogens with zero attached hydrogens (tertiary/aromatic N) is 4. The van der Waals surface area contributed by atoms with Crippen LogP contribution in [0.4, 0.5) is 0 Å². The summed E-state index contributed by atoms with van der Waals surface area (Å²) in [5, 5.41) is 8.07. The fraction of sp³-hybridized carbons (Fsp3) is 0.643. The third kappa shape index (κ3) is 6.71. The SMILES string of the molecule is CC(C)(CN)C(=O)NC(Cc1ccc(Cl)cc1)C(=O)N1CCC(Cn2cncn2)(C2CCCCC2)CC1. The van der Waals surface area contributed by atoms with Crippen LogP contribution in [0.1, 0.15) is 64.4 Å². The maximum atomic E-state index is 13.9. The maximum absolute atomic E-state index is 13.9. The van der Waals surface area contributed by atoms with Gasteiger partial charge in [-0.15, -0.1) is 0 Å². The standard InChI is InChI=1S/C28H41ClN6O2/c1-27(2,17-30)26(37)33-24(16-21-8-10-23(29)11-9-21)25(36)34-14-12-28(13-15-34,18-35-20-31-19-32-35)22-6-4-3-5-7-22/h8-11,19-20,22,24H,3-7,12-18,30H2,1-2H3,(H,33,37). The van der Waals surface area contributed by atoms with Crippen LogP contribution in [0.25, 0.3) is 0 Å². The highest BCUT2D eigenvalue weighted by Crippen LogP contribution is 2.47. The molecule has 37 heavy (non-hydrogen) atoms. The molecular formula is C28H41ClN6O2. The van der Waals surface area contributed by atoms with Gasteiger partial charge < -0.3 is 16.0 Å². The Hall–Kier alpha value is -2.45. The van der Waals surface area contributed by atoms with Gasteiger partial charge >= 0.3 is 0 Å². The van der Waals surface area contributed by atoms with Crippen molar-refractivity contribution in [3.05, 3.63) is 47.5 Å². The Labute approximate surface area is 225 Å². The van der Waals surface area contributed by atoms with Crippen molar-refractivity contribution < 1.29 is 9.59 Å². The molecule has 0 bridgehead atoms. The summed E-state index contributed by atoms with van der Waals surface area (Å²) in [7, 11) is 0. The molecule has 9 heteroatoms. The monoisotopic (exact) mass is 528 g/mol. The molecule has 1 saturated carbocycles. The topological polar surface area (TPSA) is 106 Å². The number of likely N-dealkylation sites (tertiary alicyclic amines) is 1. The molecule has 1 unspecified atom stereocenters. The summed E-state index contributed by atoms with van der Waals surface area (Å²) in [4.78, 5) is 33.0. The van der Waals surface area contributed by atoms with E-state index in [-0.39, 0.29) is 23.8 Å². The zero-order chi connectivity index (χ0) is 26.5. The van der Waals surface area contributed by atoms with Gasteiger partial charge in [0, 0.05) is 37.6 Å². The van der Waals surface area contributed by atoms with Crippen molar-refractivity contribution >= 4 is 23.4 Å². The van der Waals surface area contributed by atoms with Crippen LogP contribution in [-0.2, 0) is 22.6 Å². The number of benzene rings is 1. The fourth-order valence-corrected chi connectivity index (χ4v) is 6.07. The summed E-state index contributed by atoms with van der Waals surface area (Å²) in [6.45, 7) is 6.01. The van der Waals surface area contributed by atoms with Gasteiger partial charge in [0.05, 0.1) is 5.41 Å². The molecule has 4 rings (SSSR count). The number of piperidine rings is 1. The molecule has 8 nitrogen and oxygen atoms in total. The molecule has 2 amide bonds. The van der Waals surface area contributed by atoms with Crippen LogP contribution >= 0.6 is 11.6 Å². The van der Waals surface area contributed by atoms with Crippen LogP contribution < -0.4 is 11.1 Å². The highest BCUT2D eigenvalue weighted by atomic mass is 35.5. The van der Waals surface area contributed by atoms with Gasteiger partial charge in [0.1, 0.15) is 18.7 Å². The van der Waals surface area contributed by atoms with Gasteiger partial charge in [-0.1, -0.05) is 43.0 Å². The minimum atomic E-state index is -0.756. The number of amides is 2. The number of carbonyl (C=O) groups excluding carboxylic acids is 2. The molecule has 1 aliphatic carbocycles. The smallest absolute Gasteiger partial charge is 0.245 e. The lowest BCUT2D eigenvalue weighted by molar-refractivity contribution is -0.141. The van der Waals surface area contributed by atoms with Gasteiger partial charge in [0.15, 0.2) is 0 Å². The number of halogens is 1. The minimum Gasteiger partial charge on any atom is -0.343 e. The molecular weight excluding hydrogens is 488 g/mol. The molecule has 1 aromatic heterocycles. The van der Waals surface area contributed by atoms with Crippen molar-refractivity contribution in [1.29, 1.82) is 0 Å². The van der Waals surface area contributed by atoms with E-state index in [1.54, 1.807) is 26.5 Å². The number of nitrogens with two attached hydrogens (primary N) is 1. The highest BCUT2D eigenvalue weighted by Gasteiger charge is 2.44. The van der Waals surface area contributed by atoms with Gasteiger partial charge in [-0.3, -0.25) is 14.3 Å². The van der Waals surface area contributed by atoms with Crippen LogP contribution in [0, 0.1) is 16.7 Å². The summed E-state index contributed by atoms with van der Waals surface area (Å²) in [6.07, 6.45) is 12.0. The first-order valence-electron chi connectivity index (χ1n) is 13.6. The number of hydrogen-bond acceptors (Lipinski definition) is 5. The lowest BCUT2D eigenvalue weighted by Crippen LogP contribution is -2.56. The second-order valence-corrected chi connectivity index (χ2v) is 12.0. The summed E-state index contributed by atoms with van der Waals surface area (Å²) in [6, 6.07) is 6.79. The third-order valence-electron chi connectivity index (χ3n) is 8.57. The zero-order valence-corrected chi connectivity index (χ0v) is 22.9. The van der Waals surface area contributed by atoms with Gasteiger partial charge in [0.25, 0.3) is 0 Å². The van der Waals surface area contributed by atoms with Crippen molar-refractivity contribution in [1.82, 2.24) is 25.0 Å². The molecule has 2 aliphatic rings. The number of hydrogen-bond donors (Lipinski definition) is 2. The van der Waals surface area contributed by atoms with Crippen LogP contribution in [0.5, 0.6) is 0 Å². The summed E-state index contributed by atoms with van der Waals surface area (Å²) in [5.74, 6) is 0.397. The van der Waals surface area contributed by atoms with E-state index in [4.69, 9.17) is 17.3 Å². The van der Waals surface area contributed by atoms with Gasteiger partial charge in [-0.2, -0.15) is 5.10 Å². The van der Waals surface area contributed by atoms with Crippen LogP contribution in [0.2, 0.25) is 5.02 Å². The van der Waals surface area contributed by atoms with E-state index in [1.165, 1.54) is 32.1 Å². The third-order valence-corrected chi connectivity index (χ3v) is 8.82. The van der Waals surface area contributed by atoms with E-state index in [2.05, 4.69) is 15.4 Å². The molecule has 2 fully saturated rings. The Bertz CT molecular complexity index is 1030. The highest BCUT2D eigenvalue weighted by molar-refractivity contribution is 6.30. The van der Waals surface area contributed by atoms with E-state index in [1.807, 2.05) is 33.8 Å². The summed E-state index contributed by atoms with van der Waals surface area (Å²) < 4.78 is 1.96. The van der Waals surface area contributed by atoms with Crippen LogP contribution in [0.3, 0.4) is 0 Å². The van der Waals surface area contributed by atoms with Gasteiger partial charge in [-0.05, 0) is 68.6 Å². The van der Waals surface area contributed by atoms with Gasteiger partial charge in [-0.25, -0.2) is 4.98 Å². The maximum Gasteiger partial charge on any atom is 0.245 e. The van der Waals surface area contributed by atoms with E-state index in [0.717, 1.165) is 24.9 Å². The quantitative estimate of drug-likeness (QED) is 0.514. The number of aromatic nitrogens is 3. The molecule has 1 saturated heterocycles. The predicted molar refractivity (Wildman–Crippen MR) is 145 cm³/mol. The molecule has 202 valence electrons. The molecule has 0 radical (unpaired) electrons. The molecule has 1 atom stereocenters. The second-order valence-electron chi connectivity index (χ2n) is 11.6. The molecule has 2 aromatic rings. The summed E-state index contributed by atoms with van der Waals surface area (Å²) in [5.41, 5.74) is 6.15.